The third-order valence-electron chi connectivity index (χ3n) is 6.61. The number of aromatic nitrogens is 2. The predicted octanol–water partition coefficient (Wildman–Crippen LogP) is 3.22. The number of aliphatic imine (C=N–C) groups is 1. The molecule has 0 bridgehead atoms. The van der Waals surface area contributed by atoms with E-state index in [1.165, 1.54) is 18.4 Å². The maximum absolute atomic E-state index is 5.61. The van der Waals surface area contributed by atoms with Gasteiger partial charge in [0.1, 0.15) is 0 Å². The van der Waals surface area contributed by atoms with Gasteiger partial charge in [0, 0.05) is 50.2 Å². The first-order valence-electron chi connectivity index (χ1n) is 12.4. The molecule has 1 saturated heterocycles. The van der Waals surface area contributed by atoms with Crippen LogP contribution in [0, 0.1) is 13.8 Å². The Morgan fingerprint density at radius 2 is 1.74 bits per heavy atom. The summed E-state index contributed by atoms with van der Waals surface area (Å²) in [5.41, 5.74) is 3.05. The summed E-state index contributed by atoms with van der Waals surface area (Å²) in [7, 11) is 0. The highest BCUT2D eigenvalue weighted by Crippen LogP contribution is 2.32. The average molecular weight is 496 g/mol. The zero-order chi connectivity index (χ0) is 24.2. The molecule has 10 heteroatoms. The Morgan fingerprint density at radius 3 is 2.49 bits per heavy atom. The van der Waals surface area contributed by atoms with E-state index in [2.05, 4.69) is 42.5 Å². The third kappa shape index (κ3) is 6.18. The largest absolute Gasteiger partial charge is 0.454 e. The molecule has 35 heavy (non-hydrogen) atoms. The lowest BCUT2D eigenvalue weighted by atomic mass is 10.1. The summed E-state index contributed by atoms with van der Waals surface area (Å²) in [6.07, 6.45) is 4.79. The molecule has 186 valence electrons. The molecule has 1 saturated carbocycles. The minimum atomic E-state index is 0.300. The van der Waals surface area contributed by atoms with Gasteiger partial charge in [-0.15, -0.1) is 0 Å². The maximum atomic E-state index is 5.61. The zero-order valence-electron chi connectivity index (χ0n) is 20.4. The Balaban J connectivity index is 1.25. The number of fused-ring (bicyclic) bond motifs is 1. The van der Waals surface area contributed by atoms with Crippen LogP contribution in [0.3, 0.4) is 0 Å². The van der Waals surface area contributed by atoms with Gasteiger partial charge >= 0.3 is 0 Å². The molecule has 0 radical (unpaired) electrons. The van der Waals surface area contributed by atoms with Crippen molar-refractivity contribution in [3.63, 3.8) is 0 Å². The summed E-state index contributed by atoms with van der Waals surface area (Å²) in [6, 6.07) is 8.56. The topological polar surface area (TPSA) is 87.1 Å². The summed E-state index contributed by atoms with van der Waals surface area (Å²) in [5.74, 6) is 2.90. The molecule has 5 rings (SSSR count). The first-order valence-corrected chi connectivity index (χ1v) is 12.8. The molecular weight excluding hydrogens is 462 g/mol. The third-order valence-corrected chi connectivity index (χ3v) is 6.82. The first-order chi connectivity index (χ1) is 17.0. The number of ether oxygens (including phenoxy) is 2. The van der Waals surface area contributed by atoms with E-state index in [4.69, 9.17) is 26.7 Å². The van der Waals surface area contributed by atoms with Crippen LogP contribution in [0.15, 0.2) is 29.3 Å². The van der Waals surface area contributed by atoms with Crippen molar-refractivity contribution in [3.05, 3.63) is 41.2 Å². The predicted molar refractivity (Wildman–Crippen MR) is 140 cm³/mol. The highest BCUT2D eigenvalue weighted by Gasteiger charge is 2.23. The summed E-state index contributed by atoms with van der Waals surface area (Å²) in [4.78, 5) is 18.6. The molecule has 1 aromatic carbocycles. The van der Waals surface area contributed by atoms with Crippen LogP contribution in [0.25, 0.3) is 0 Å². The van der Waals surface area contributed by atoms with Crippen LogP contribution in [0.4, 0.5) is 5.95 Å². The molecule has 2 aliphatic heterocycles. The van der Waals surface area contributed by atoms with E-state index in [1.807, 2.05) is 26.0 Å². The van der Waals surface area contributed by atoms with Crippen LogP contribution < -0.4 is 20.1 Å². The molecule has 2 fully saturated rings. The van der Waals surface area contributed by atoms with Crippen molar-refractivity contribution in [1.82, 2.24) is 25.1 Å². The minimum Gasteiger partial charge on any atom is -0.454 e. The van der Waals surface area contributed by atoms with Crippen LogP contribution in [0.5, 0.6) is 11.5 Å². The van der Waals surface area contributed by atoms with Crippen LogP contribution in [-0.2, 0) is 6.54 Å². The van der Waals surface area contributed by atoms with Crippen LogP contribution in [0.2, 0.25) is 0 Å². The molecule has 3 heterocycles. The summed E-state index contributed by atoms with van der Waals surface area (Å²) in [5, 5.41) is 7.30. The number of aryl methyl sites for hydroxylation is 2. The van der Waals surface area contributed by atoms with Crippen LogP contribution in [0.1, 0.15) is 42.6 Å². The molecule has 1 aromatic heterocycles. The monoisotopic (exact) mass is 495 g/mol. The van der Waals surface area contributed by atoms with Gasteiger partial charge in [0.2, 0.25) is 18.7 Å². The highest BCUT2D eigenvalue weighted by atomic mass is 32.1. The molecule has 0 spiro atoms. The van der Waals surface area contributed by atoms with E-state index in [0.29, 0.717) is 29.9 Å². The first kappa shape index (κ1) is 23.7. The molecule has 1 aliphatic carbocycles. The highest BCUT2D eigenvalue weighted by molar-refractivity contribution is 7.80. The molecule has 2 N–H and O–H groups in total. The Kier molecular flexibility index (Phi) is 7.29. The van der Waals surface area contributed by atoms with Gasteiger partial charge in [0.15, 0.2) is 16.6 Å². The molecule has 2 aromatic rings. The van der Waals surface area contributed by atoms with Crippen LogP contribution in [-0.4, -0.2) is 69.9 Å². The molecule has 0 atom stereocenters. The summed E-state index contributed by atoms with van der Waals surface area (Å²) >= 11 is 5.61. The molecule has 3 aliphatic rings. The second kappa shape index (κ2) is 10.7. The van der Waals surface area contributed by atoms with Crippen molar-refractivity contribution in [1.29, 1.82) is 0 Å². The normalized spacial score (nSPS) is 18.7. The quantitative estimate of drug-likeness (QED) is 0.377. The fourth-order valence-electron chi connectivity index (χ4n) is 4.85. The van der Waals surface area contributed by atoms with Crippen molar-refractivity contribution < 1.29 is 9.47 Å². The van der Waals surface area contributed by atoms with Crippen molar-refractivity contribution in [3.8, 4) is 11.5 Å². The Labute approximate surface area is 211 Å². The zero-order valence-corrected chi connectivity index (χ0v) is 21.2. The number of nitrogens with zero attached hydrogens (tertiary/aromatic N) is 5. The number of hydrogen-bond acceptors (Lipinski definition) is 6. The molecular formula is C25H33N7O2S. The number of benzene rings is 1. The van der Waals surface area contributed by atoms with Gasteiger partial charge < -0.3 is 19.7 Å². The lowest BCUT2D eigenvalue weighted by Crippen LogP contribution is -2.51. The van der Waals surface area contributed by atoms with E-state index in [-0.39, 0.29) is 0 Å². The summed E-state index contributed by atoms with van der Waals surface area (Å²) in [6.45, 7) is 8.58. The second-order valence-electron chi connectivity index (χ2n) is 9.42. The number of nitrogens with one attached hydrogen (secondary N) is 2. The number of rotatable bonds is 4. The van der Waals surface area contributed by atoms with Gasteiger partial charge in [-0.25, -0.2) is 9.97 Å². The SMILES string of the molecule is Cc1cc(C)nc(N/C(=N/C(=S)NC2CCCC2)N2CCN(Cc3ccc4c(c3)OCO4)CC2)n1. The Bertz CT molecular complexity index is 1070. The van der Waals surface area contributed by atoms with Crippen molar-refractivity contribution in [2.45, 2.75) is 52.1 Å². The number of guanidine groups is 1. The van der Waals surface area contributed by atoms with Crippen molar-refractivity contribution >= 4 is 29.2 Å². The number of thiocarbonyl (C=S) groups is 1. The van der Waals surface area contributed by atoms with E-state index in [0.717, 1.165) is 68.5 Å². The smallest absolute Gasteiger partial charge is 0.231 e. The fraction of sp³-hybridized carbons (Fsp3) is 0.520. The maximum Gasteiger partial charge on any atom is 0.231 e. The Hall–Kier alpha value is -2.98. The molecule has 9 nitrogen and oxygen atoms in total. The minimum absolute atomic E-state index is 0.300. The fourth-order valence-corrected chi connectivity index (χ4v) is 5.10. The van der Waals surface area contributed by atoms with Gasteiger partial charge in [-0.05, 0) is 62.7 Å². The number of hydrogen-bond donors (Lipinski definition) is 2. The van der Waals surface area contributed by atoms with Gasteiger partial charge in [-0.3, -0.25) is 10.2 Å². The standard InChI is InChI=1S/C25H33N7O2S/c1-17-13-18(2)27-23(26-17)29-24(30-25(35)28-20-5-3-4-6-20)32-11-9-31(10-12-32)15-19-7-8-21-22(14-19)34-16-33-21/h7-8,13-14,20H,3-6,9-12,15-16H2,1-2H3,(H2,26,27,28,29,30,35). The van der Waals surface area contributed by atoms with Gasteiger partial charge in [-0.1, -0.05) is 18.9 Å². The lowest BCUT2D eigenvalue weighted by Gasteiger charge is -2.36. The van der Waals surface area contributed by atoms with E-state index < -0.39 is 0 Å². The lowest BCUT2D eigenvalue weighted by molar-refractivity contribution is 0.172. The molecule has 0 amide bonds. The average Bonchev–Trinajstić information content (AvgIpc) is 3.50. The second-order valence-corrected chi connectivity index (χ2v) is 9.80. The number of anilines is 1. The summed E-state index contributed by atoms with van der Waals surface area (Å²) < 4.78 is 11.0. The van der Waals surface area contributed by atoms with Crippen LogP contribution >= 0.6 is 12.2 Å². The Morgan fingerprint density at radius 1 is 1.03 bits per heavy atom. The molecule has 0 unspecified atom stereocenters. The van der Waals surface area contributed by atoms with Gasteiger partial charge in [0.05, 0.1) is 0 Å². The van der Waals surface area contributed by atoms with Crippen molar-refractivity contribution in [2.24, 2.45) is 4.99 Å². The van der Waals surface area contributed by atoms with E-state index >= 15 is 0 Å². The van der Waals surface area contributed by atoms with Gasteiger partial charge in [0.25, 0.3) is 0 Å². The number of piperazine rings is 1. The van der Waals surface area contributed by atoms with E-state index in [1.54, 1.807) is 0 Å². The van der Waals surface area contributed by atoms with Gasteiger partial charge in [-0.2, -0.15) is 4.99 Å². The van der Waals surface area contributed by atoms with E-state index in [9.17, 15) is 0 Å². The van der Waals surface area contributed by atoms with Crippen molar-refractivity contribution in [2.75, 3.05) is 38.3 Å².